The van der Waals surface area contributed by atoms with Crippen molar-refractivity contribution in [3.8, 4) is 0 Å². The smallest absolute Gasteiger partial charge is 0.270 e. The van der Waals surface area contributed by atoms with Crippen LogP contribution in [0.4, 0.5) is 5.69 Å². The van der Waals surface area contributed by atoms with Crippen LogP contribution >= 0.6 is 24.0 Å². The number of fused-ring (bicyclic) bond motifs is 1. The Labute approximate surface area is 168 Å². The van der Waals surface area contributed by atoms with Gasteiger partial charge in [0.15, 0.2) is 4.32 Å². The van der Waals surface area contributed by atoms with E-state index in [0.29, 0.717) is 9.23 Å². The van der Waals surface area contributed by atoms with E-state index in [-0.39, 0.29) is 5.91 Å². The predicted octanol–water partition coefficient (Wildman–Crippen LogP) is 5.54. The predicted molar refractivity (Wildman–Crippen MR) is 119 cm³/mol. The second-order valence-corrected chi connectivity index (χ2v) is 7.94. The quantitative estimate of drug-likeness (QED) is 0.332. The summed E-state index contributed by atoms with van der Waals surface area (Å²) < 4.78 is 2.77. The van der Waals surface area contributed by atoms with Gasteiger partial charge < -0.3 is 4.57 Å². The molecule has 1 aliphatic heterocycles. The largest absolute Gasteiger partial charge is 0.340 e. The number of thioether (sulfide) groups is 1. The summed E-state index contributed by atoms with van der Waals surface area (Å²) in [6.45, 7) is 6.67. The molecule has 1 amide bonds. The summed E-state index contributed by atoms with van der Waals surface area (Å²) in [5, 5.41) is 1.13. The molecule has 1 aliphatic rings. The first-order chi connectivity index (χ1) is 13.1. The Morgan fingerprint density at radius 2 is 1.81 bits per heavy atom. The van der Waals surface area contributed by atoms with Gasteiger partial charge in [-0.25, -0.2) is 0 Å². The van der Waals surface area contributed by atoms with E-state index < -0.39 is 0 Å². The molecule has 0 spiro atoms. The van der Waals surface area contributed by atoms with Crippen molar-refractivity contribution in [1.82, 2.24) is 4.57 Å². The van der Waals surface area contributed by atoms with Gasteiger partial charge in [-0.15, -0.1) is 6.58 Å². The Morgan fingerprint density at radius 1 is 1.11 bits per heavy atom. The highest BCUT2D eigenvalue weighted by molar-refractivity contribution is 8.27. The molecule has 4 rings (SSSR count). The van der Waals surface area contributed by atoms with Gasteiger partial charge in [-0.05, 0) is 31.2 Å². The zero-order valence-corrected chi connectivity index (χ0v) is 16.5. The number of nitrogens with zero attached hydrogens (tertiary/aromatic N) is 2. The lowest BCUT2D eigenvalue weighted by molar-refractivity contribution is -0.113. The number of anilines is 1. The third-order valence-electron chi connectivity index (χ3n) is 4.67. The van der Waals surface area contributed by atoms with E-state index in [9.17, 15) is 4.79 Å². The van der Waals surface area contributed by atoms with Crippen molar-refractivity contribution in [2.24, 2.45) is 0 Å². The molecule has 2 heterocycles. The van der Waals surface area contributed by atoms with Crippen LogP contribution in [-0.4, -0.2) is 14.8 Å². The molecule has 5 heteroatoms. The third kappa shape index (κ3) is 3.03. The average Bonchev–Trinajstić information content (AvgIpc) is 3.11. The second kappa shape index (κ2) is 7.18. The number of aromatic nitrogens is 1. The van der Waals surface area contributed by atoms with E-state index >= 15 is 0 Å². The van der Waals surface area contributed by atoms with Crippen LogP contribution in [0.2, 0.25) is 0 Å². The van der Waals surface area contributed by atoms with Crippen molar-refractivity contribution < 1.29 is 4.79 Å². The van der Waals surface area contributed by atoms with Gasteiger partial charge in [0.1, 0.15) is 0 Å². The summed E-state index contributed by atoms with van der Waals surface area (Å²) in [7, 11) is 0. The Kier molecular flexibility index (Phi) is 4.72. The molecule has 27 heavy (non-hydrogen) atoms. The van der Waals surface area contributed by atoms with Crippen LogP contribution in [-0.2, 0) is 11.3 Å². The molecule has 0 unspecified atom stereocenters. The molecule has 2 aromatic carbocycles. The number of carbonyl (C=O) groups excluding carboxylic acids is 1. The Bertz CT molecular complexity index is 1100. The van der Waals surface area contributed by atoms with Gasteiger partial charge >= 0.3 is 0 Å². The van der Waals surface area contributed by atoms with Gasteiger partial charge in [0.2, 0.25) is 0 Å². The zero-order chi connectivity index (χ0) is 19.0. The SMILES string of the molecule is C=CCn1c(C)c(/C=C2/SC(=S)N(c3ccccc3)C2=O)c2ccccc21. The van der Waals surface area contributed by atoms with E-state index in [1.54, 1.807) is 4.90 Å². The van der Waals surface area contributed by atoms with Crippen molar-refractivity contribution in [3.63, 3.8) is 0 Å². The molecule has 0 bridgehead atoms. The second-order valence-electron chi connectivity index (χ2n) is 6.27. The number of amides is 1. The van der Waals surface area contributed by atoms with Gasteiger partial charge in [-0.2, -0.15) is 0 Å². The number of allylic oxidation sites excluding steroid dienone is 1. The van der Waals surface area contributed by atoms with Gasteiger partial charge in [0.25, 0.3) is 5.91 Å². The molecule has 1 saturated heterocycles. The van der Waals surface area contributed by atoms with E-state index in [0.717, 1.165) is 34.4 Å². The number of hydrogen-bond acceptors (Lipinski definition) is 3. The first-order valence-electron chi connectivity index (χ1n) is 8.63. The van der Waals surface area contributed by atoms with Crippen LogP contribution in [0, 0.1) is 6.92 Å². The summed E-state index contributed by atoms with van der Waals surface area (Å²) in [5.74, 6) is -0.0730. The highest BCUT2D eigenvalue weighted by Gasteiger charge is 2.33. The standard InChI is InChI=1S/C22H18N2OS2/c1-3-13-23-15(2)18(17-11-7-8-12-19(17)23)14-20-21(25)24(22(26)27-20)16-9-5-4-6-10-16/h3-12,14H,1,13H2,2H3/b20-14+. The summed E-state index contributed by atoms with van der Waals surface area (Å²) in [6.07, 6.45) is 3.86. The Balaban J connectivity index is 1.81. The van der Waals surface area contributed by atoms with Crippen molar-refractivity contribution in [1.29, 1.82) is 0 Å². The van der Waals surface area contributed by atoms with E-state index in [1.165, 1.54) is 11.8 Å². The van der Waals surface area contributed by atoms with Gasteiger partial charge in [-0.1, -0.05) is 66.5 Å². The normalized spacial score (nSPS) is 15.9. The van der Waals surface area contributed by atoms with Crippen LogP contribution in [0.25, 0.3) is 17.0 Å². The number of hydrogen-bond donors (Lipinski definition) is 0. The topological polar surface area (TPSA) is 25.2 Å². The van der Waals surface area contributed by atoms with E-state index in [1.807, 2.05) is 54.6 Å². The van der Waals surface area contributed by atoms with Crippen LogP contribution in [0.3, 0.4) is 0 Å². The molecule has 3 aromatic rings. The van der Waals surface area contributed by atoms with Crippen molar-refractivity contribution in [3.05, 3.63) is 83.4 Å². The minimum atomic E-state index is -0.0730. The maximum absolute atomic E-state index is 13.0. The van der Waals surface area contributed by atoms with Gasteiger partial charge in [0, 0.05) is 28.7 Å². The van der Waals surface area contributed by atoms with Gasteiger partial charge in [-0.3, -0.25) is 9.69 Å². The molecule has 1 aromatic heterocycles. The number of rotatable bonds is 4. The van der Waals surface area contributed by atoms with Crippen molar-refractivity contribution >= 4 is 56.9 Å². The highest BCUT2D eigenvalue weighted by atomic mass is 32.2. The molecule has 134 valence electrons. The molecule has 0 radical (unpaired) electrons. The molecule has 0 saturated carbocycles. The fourth-order valence-corrected chi connectivity index (χ4v) is 4.68. The fourth-order valence-electron chi connectivity index (χ4n) is 3.40. The Hall–Kier alpha value is -2.63. The first kappa shape index (κ1) is 17.8. The number of carbonyl (C=O) groups is 1. The summed E-state index contributed by atoms with van der Waals surface area (Å²) in [6, 6.07) is 17.8. The monoisotopic (exact) mass is 390 g/mol. The maximum Gasteiger partial charge on any atom is 0.270 e. The molecule has 1 fully saturated rings. The van der Waals surface area contributed by atoms with Gasteiger partial charge in [0.05, 0.1) is 10.6 Å². The Morgan fingerprint density at radius 3 is 2.56 bits per heavy atom. The lowest BCUT2D eigenvalue weighted by Gasteiger charge is -2.13. The summed E-state index contributed by atoms with van der Waals surface area (Å²) in [5.41, 5.74) is 4.11. The molecule has 0 aliphatic carbocycles. The molecular weight excluding hydrogens is 372 g/mol. The lowest BCUT2D eigenvalue weighted by atomic mass is 10.1. The molecule has 3 nitrogen and oxygen atoms in total. The zero-order valence-electron chi connectivity index (χ0n) is 14.9. The van der Waals surface area contributed by atoms with Crippen LogP contribution < -0.4 is 4.90 Å². The molecule has 0 atom stereocenters. The van der Waals surface area contributed by atoms with Crippen LogP contribution in [0.5, 0.6) is 0 Å². The van der Waals surface area contributed by atoms with Crippen LogP contribution in [0.1, 0.15) is 11.3 Å². The van der Waals surface area contributed by atoms with E-state index in [4.69, 9.17) is 12.2 Å². The number of para-hydroxylation sites is 2. The van der Waals surface area contributed by atoms with Crippen LogP contribution in [0.15, 0.2) is 72.2 Å². The third-order valence-corrected chi connectivity index (χ3v) is 5.98. The maximum atomic E-state index is 13.0. The van der Waals surface area contributed by atoms with E-state index in [2.05, 4.69) is 30.2 Å². The highest BCUT2D eigenvalue weighted by Crippen LogP contribution is 2.38. The minimum Gasteiger partial charge on any atom is -0.340 e. The van der Waals surface area contributed by atoms with Crippen molar-refractivity contribution in [2.45, 2.75) is 13.5 Å². The molecule has 0 N–H and O–H groups in total. The summed E-state index contributed by atoms with van der Waals surface area (Å²) >= 11 is 6.83. The number of thiocarbonyl (C=S) groups is 1. The number of benzene rings is 2. The molecular formula is C22H18N2OS2. The average molecular weight is 391 g/mol. The lowest BCUT2D eigenvalue weighted by Crippen LogP contribution is -2.27. The fraction of sp³-hybridized carbons (Fsp3) is 0.0909. The summed E-state index contributed by atoms with van der Waals surface area (Å²) in [4.78, 5) is 15.3. The first-order valence-corrected chi connectivity index (χ1v) is 9.86. The minimum absolute atomic E-state index is 0.0730. The van der Waals surface area contributed by atoms with Crippen molar-refractivity contribution in [2.75, 3.05) is 4.90 Å².